The van der Waals surface area contributed by atoms with Crippen LogP contribution >= 0.6 is 12.2 Å². The molecule has 20 heavy (non-hydrogen) atoms. The summed E-state index contributed by atoms with van der Waals surface area (Å²) in [6.07, 6.45) is 1.72. The molecular weight excluding hydrogens is 276 g/mol. The highest BCUT2D eigenvalue weighted by atomic mass is 32.1. The second kappa shape index (κ2) is 6.38. The molecule has 6 heteroatoms. The van der Waals surface area contributed by atoms with Crippen LogP contribution in [0.15, 0.2) is 23.9 Å². The van der Waals surface area contributed by atoms with Crippen molar-refractivity contribution in [3.8, 4) is 11.5 Å². The molecule has 0 atom stereocenters. The highest BCUT2D eigenvalue weighted by Crippen LogP contribution is 2.29. The molecule has 0 radical (unpaired) electrons. The van der Waals surface area contributed by atoms with Crippen LogP contribution < -0.4 is 20.1 Å². The zero-order chi connectivity index (χ0) is 14.5. The molecule has 0 spiro atoms. The Morgan fingerprint density at radius 1 is 1.15 bits per heavy atom. The first-order chi connectivity index (χ1) is 9.63. The third kappa shape index (κ3) is 3.27. The maximum Gasteiger partial charge on any atom is 0.273 e. The third-order valence-electron chi connectivity index (χ3n) is 2.60. The Labute approximate surface area is 123 Å². The van der Waals surface area contributed by atoms with Crippen LogP contribution in [0, 0.1) is 0 Å². The molecule has 1 aromatic carbocycles. The summed E-state index contributed by atoms with van der Waals surface area (Å²) in [6, 6.07) is 5.51. The molecule has 0 aliphatic carbocycles. The molecule has 0 bridgehead atoms. The maximum atomic E-state index is 11.6. The van der Waals surface area contributed by atoms with Crippen molar-refractivity contribution in [2.75, 3.05) is 13.2 Å². The average molecular weight is 292 g/mol. The lowest BCUT2D eigenvalue weighted by atomic mass is 10.1. The van der Waals surface area contributed by atoms with Gasteiger partial charge in [0.25, 0.3) is 5.91 Å². The van der Waals surface area contributed by atoms with Crippen LogP contribution in [0.25, 0.3) is 6.08 Å². The van der Waals surface area contributed by atoms with Gasteiger partial charge in [-0.15, -0.1) is 0 Å². The van der Waals surface area contributed by atoms with Crippen molar-refractivity contribution in [3.05, 3.63) is 29.5 Å². The SMILES string of the molecule is CCOc1ccc(C=C2NC(=S)NC2=O)cc1OCC. The molecule has 2 N–H and O–H groups in total. The van der Waals surface area contributed by atoms with E-state index in [0.717, 1.165) is 5.56 Å². The van der Waals surface area contributed by atoms with Crippen molar-refractivity contribution >= 4 is 29.3 Å². The van der Waals surface area contributed by atoms with Gasteiger partial charge in [-0.2, -0.15) is 0 Å². The van der Waals surface area contributed by atoms with E-state index in [4.69, 9.17) is 21.7 Å². The first-order valence-corrected chi connectivity index (χ1v) is 6.78. The monoisotopic (exact) mass is 292 g/mol. The largest absolute Gasteiger partial charge is 0.490 e. The minimum Gasteiger partial charge on any atom is -0.490 e. The van der Waals surface area contributed by atoms with E-state index >= 15 is 0 Å². The summed E-state index contributed by atoms with van der Waals surface area (Å²) in [5.74, 6) is 1.11. The van der Waals surface area contributed by atoms with Gasteiger partial charge in [-0.1, -0.05) is 6.07 Å². The number of ether oxygens (including phenoxy) is 2. The van der Waals surface area contributed by atoms with Crippen molar-refractivity contribution in [1.29, 1.82) is 0 Å². The van der Waals surface area contributed by atoms with E-state index in [-0.39, 0.29) is 5.91 Å². The molecule has 0 saturated carbocycles. The summed E-state index contributed by atoms with van der Waals surface area (Å²) in [5.41, 5.74) is 1.25. The number of hydrogen-bond acceptors (Lipinski definition) is 4. The first kappa shape index (κ1) is 14.3. The molecule has 1 saturated heterocycles. The van der Waals surface area contributed by atoms with Crippen molar-refractivity contribution in [2.45, 2.75) is 13.8 Å². The van der Waals surface area contributed by atoms with Gasteiger partial charge in [-0.05, 0) is 49.8 Å². The predicted molar refractivity (Wildman–Crippen MR) is 80.6 cm³/mol. The number of rotatable bonds is 5. The molecule has 1 aliphatic heterocycles. The van der Waals surface area contributed by atoms with Gasteiger partial charge in [0.05, 0.1) is 13.2 Å². The van der Waals surface area contributed by atoms with Crippen LogP contribution in [0.3, 0.4) is 0 Å². The first-order valence-electron chi connectivity index (χ1n) is 6.37. The Balaban J connectivity index is 2.29. The fourth-order valence-electron chi connectivity index (χ4n) is 1.81. The van der Waals surface area contributed by atoms with E-state index < -0.39 is 0 Å². The van der Waals surface area contributed by atoms with Gasteiger partial charge in [-0.3, -0.25) is 10.1 Å². The number of carbonyl (C=O) groups is 1. The van der Waals surface area contributed by atoms with Crippen molar-refractivity contribution < 1.29 is 14.3 Å². The number of carbonyl (C=O) groups excluding carboxylic acids is 1. The summed E-state index contributed by atoms with van der Waals surface area (Å²) in [6.45, 7) is 4.94. The number of hydrogen-bond donors (Lipinski definition) is 2. The van der Waals surface area contributed by atoms with E-state index in [0.29, 0.717) is 35.5 Å². The minimum atomic E-state index is -0.234. The highest BCUT2D eigenvalue weighted by molar-refractivity contribution is 7.80. The fourth-order valence-corrected chi connectivity index (χ4v) is 2.01. The normalized spacial score (nSPS) is 16.0. The molecule has 5 nitrogen and oxygen atoms in total. The number of benzene rings is 1. The Morgan fingerprint density at radius 3 is 2.45 bits per heavy atom. The third-order valence-corrected chi connectivity index (χ3v) is 2.80. The van der Waals surface area contributed by atoms with Crippen LogP contribution in [-0.4, -0.2) is 24.2 Å². The second-order valence-electron chi connectivity index (χ2n) is 4.04. The van der Waals surface area contributed by atoms with Gasteiger partial charge < -0.3 is 14.8 Å². The maximum absolute atomic E-state index is 11.6. The van der Waals surface area contributed by atoms with E-state index in [1.807, 2.05) is 32.0 Å². The van der Waals surface area contributed by atoms with Gasteiger partial charge >= 0.3 is 0 Å². The minimum absolute atomic E-state index is 0.234. The number of nitrogens with one attached hydrogen (secondary N) is 2. The molecule has 1 heterocycles. The van der Waals surface area contributed by atoms with Crippen LogP contribution in [0.1, 0.15) is 19.4 Å². The summed E-state index contributed by atoms with van der Waals surface area (Å²) >= 11 is 4.88. The number of amides is 1. The van der Waals surface area contributed by atoms with Gasteiger partial charge in [-0.25, -0.2) is 0 Å². The molecule has 1 aliphatic rings. The van der Waals surface area contributed by atoms with Crippen LogP contribution in [0.4, 0.5) is 0 Å². The van der Waals surface area contributed by atoms with Crippen LogP contribution in [0.2, 0.25) is 0 Å². The summed E-state index contributed by atoms with van der Waals surface area (Å²) in [7, 11) is 0. The highest BCUT2D eigenvalue weighted by Gasteiger charge is 2.20. The van der Waals surface area contributed by atoms with Gasteiger partial charge in [0.2, 0.25) is 0 Å². The predicted octanol–water partition coefficient (Wildman–Crippen LogP) is 1.83. The lowest BCUT2D eigenvalue weighted by Crippen LogP contribution is -2.21. The Hall–Kier alpha value is -2.08. The van der Waals surface area contributed by atoms with Crippen LogP contribution in [-0.2, 0) is 4.79 Å². The molecule has 1 amide bonds. The topological polar surface area (TPSA) is 59.6 Å². The molecule has 1 fully saturated rings. The Morgan fingerprint density at radius 2 is 1.85 bits per heavy atom. The van der Waals surface area contributed by atoms with Gasteiger partial charge in [0.15, 0.2) is 16.6 Å². The zero-order valence-corrected chi connectivity index (χ0v) is 12.2. The summed E-state index contributed by atoms with van der Waals surface area (Å²) in [4.78, 5) is 11.6. The van der Waals surface area contributed by atoms with Crippen molar-refractivity contribution in [2.24, 2.45) is 0 Å². The molecular formula is C14H16N2O3S. The lowest BCUT2D eigenvalue weighted by molar-refractivity contribution is -0.115. The fraction of sp³-hybridized carbons (Fsp3) is 0.286. The molecule has 2 rings (SSSR count). The summed E-state index contributed by atoms with van der Waals surface area (Å²) < 4.78 is 11.0. The Bertz CT molecular complexity index is 570. The molecule has 106 valence electrons. The second-order valence-corrected chi connectivity index (χ2v) is 4.45. The van der Waals surface area contributed by atoms with Crippen molar-refractivity contribution in [1.82, 2.24) is 10.6 Å². The van der Waals surface area contributed by atoms with Crippen molar-refractivity contribution in [3.63, 3.8) is 0 Å². The summed E-state index contributed by atoms with van der Waals surface area (Å²) in [5, 5.41) is 5.64. The van der Waals surface area contributed by atoms with Gasteiger partial charge in [0, 0.05) is 0 Å². The van der Waals surface area contributed by atoms with Crippen LogP contribution in [0.5, 0.6) is 11.5 Å². The van der Waals surface area contributed by atoms with E-state index in [2.05, 4.69) is 10.6 Å². The standard InChI is InChI=1S/C14H16N2O3S/c1-3-18-11-6-5-9(8-12(11)19-4-2)7-10-13(17)16-14(20)15-10/h5-8H,3-4H2,1-2H3,(H2,15,16,17,20). The van der Waals surface area contributed by atoms with E-state index in [1.54, 1.807) is 6.08 Å². The van der Waals surface area contributed by atoms with E-state index in [1.165, 1.54) is 0 Å². The quantitative estimate of drug-likeness (QED) is 0.640. The smallest absolute Gasteiger partial charge is 0.273 e. The Kier molecular flexibility index (Phi) is 4.57. The molecule has 0 aromatic heterocycles. The number of thiocarbonyl (C=S) groups is 1. The van der Waals surface area contributed by atoms with Gasteiger partial charge in [0.1, 0.15) is 5.70 Å². The lowest BCUT2D eigenvalue weighted by Gasteiger charge is -2.11. The average Bonchev–Trinajstić information content (AvgIpc) is 2.71. The zero-order valence-electron chi connectivity index (χ0n) is 11.4. The molecule has 1 aromatic rings. The van der Waals surface area contributed by atoms with E-state index in [9.17, 15) is 4.79 Å². The molecule has 0 unspecified atom stereocenters.